The summed E-state index contributed by atoms with van der Waals surface area (Å²) in [5.74, 6) is -0.416. The summed E-state index contributed by atoms with van der Waals surface area (Å²) in [5, 5.41) is 2.57. The molecular formula is C11H14N2O3S2. The Bertz CT molecular complexity index is 582. The highest BCUT2D eigenvalue weighted by Crippen LogP contribution is 2.11. The third-order valence-corrected chi connectivity index (χ3v) is 3.76. The van der Waals surface area contributed by atoms with E-state index in [-0.39, 0.29) is 15.4 Å². The van der Waals surface area contributed by atoms with Gasteiger partial charge >= 0.3 is 0 Å². The van der Waals surface area contributed by atoms with E-state index in [9.17, 15) is 13.2 Å². The van der Waals surface area contributed by atoms with E-state index >= 15 is 0 Å². The van der Waals surface area contributed by atoms with Gasteiger partial charge < -0.3 is 11.1 Å². The van der Waals surface area contributed by atoms with E-state index in [2.05, 4.69) is 5.32 Å². The molecule has 98 valence electrons. The highest BCUT2D eigenvalue weighted by atomic mass is 32.2. The van der Waals surface area contributed by atoms with Gasteiger partial charge in [0.1, 0.15) is 0 Å². The fourth-order valence-electron chi connectivity index (χ4n) is 1.22. The topological polar surface area (TPSA) is 89.3 Å². The Hall–Kier alpha value is -1.47. The second-order valence-corrected chi connectivity index (χ2v) is 6.38. The van der Waals surface area contributed by atoms with Crippen molar-refractivity contribution in [1.29, 1.82) is 0 Å². The van der Waals surface area contributed by atoms with E-state index in [0.717, 1.165) is 6.26 Å². The van der Waals surface area contributed by atoms with Gasteiger partial charge in [0.25, 0.3) is 5.91 Å². The first-order chi connectivity index (χ1) is 8.21. The SMILES string of the molecule is CC(NC(=O)c1cccc(S(C)(=O)=O)c1)C(N)=S. The zero-order chi connectivity index (χ0) is 13.9. The van der Waals surface area contributed by atoms with Gasteiger partial charge in [-0.3, -0.25) is 4.79 Å². The quantitative estimate of drug-likeness (QED) is 0.787. The standard InChI is InChI=1S/C11H14N2O3S2/c1-7(10(12)17)13-11(14)8-4-3-5-9(6-8)18(2,15)16/h3-7H,1-2H3,(H2,12,17)(H,13,14). The van der Waals surface area contributed by atoms with E-state index in [1.165, 1.54) is 24.3 Å². The molecule has 0 radical (unpaired) electrons. The molecule has 0 saturated carbocycles. The van der Waals surface area contributed by atoms with Crippen LogP contribution in [0.3, 0.4) is 0 Å². The molecule has 0 aliphatic carbocycles. The lowest BCUT2D eigenvalue weighted by molar-refractivity contribution is 0.0949. The highest BCUT2D eigenvalue weighted by Gasteiger charge is 2.14. The predicted octanol–water partition coefficient (Wildman–Crippen LogP) is 0.494. The number of thiocarbonyl (C=S) groups is 1. The van der Waals surface area contributed by atoms with E-state index in [4.69, 9.17) is 18.0 Å². The summed E-state index contributed by atoms with van der Waals surface area (Å²) in [6, 6.07) is 5.34. The Morgan fingerprint density at radius 3 is 2.56 bits per heavy atom. The van der Waals surface area contributed by atoms with Crippen molar-refractivity contribution in [3.63, 3.8) is 0 Å². The molecular weight excluding hydrogens is 272 g/mol. The van der Waals surface area contributed by atoms with Gasteiger partial charge in [-0.15, -0.1) is 0 Å². The van der Waals surface area contributed by atoms with Gasteiger partial charge in [-0.1, -0.05) is 18.3 Å². The lowest BCUT2D eigenvalue weighted by Crippen LogP contribution is -2.41. The predicted molar refractivity (Wildman–Crippen MR) is 73.3 cm³/mol. The van der Waals surface area contributed by atoms with Gasteiger partial charge in [0.15, 0.2) is 9.84 Å². The average molecular weight is 286 g/mol. The fraction of sp³-hybridized carbons (Fsp3) is 0.273. The summed E-state index contributed by atoms with van der Waals surface area (Å²) in [7, 11) is -3.33. The van der Waals surface area contributed by atoms with Crippen molar-refractivity contribution in [3.05, 3.63) is 29.8 Å². The number of carbonyl (C=O) groups is 1. The second kappa shape index (κ2) is 5.45. The van der Waals surface area contributed by atoms with E-state index in [1.807, 2.05) is 0 Å². The molecule has 18 heavy (non-hydrogen) atoms. The number of hydrogen-bond acceptors (Lipinski definition) is 4. The van der Waals surface area contributed by atoms with Crippen molar-refractivity contribution in [3.8, 4) is 0 Å². The fourth-order valence-corrected chi connectivity index (χ4v) is 1.94. The molecule has 1 unspecified atom stereocenters. The molecule has 0 heterocycles. The molecule has 0 spiro atoms. The first-order valence-electron chi connectivity index (χ1n) is 5.12. The summed E-state index contributed by atoms with van der Waals surface area (Å²) in [5.41, 5.74) is 5.63. The maximum Gasteiger partial charge on any atom is 0.251 e. The van der Waals surface area contributed by atoms with Crippen LogP contribution < -0.4 is 11.1 Å². The van der Waals surface area contributed by atoms with E-state index in [1.54, 1.807) is 6.92 Å². The van der Waals surface area contributed by atoms with Crippen LogP contribution in [0.2, 0.25) is 0 Å². The second-order valence-electron chi connectivity index (χ2n) is 3.90. The zero-order valence-corrected chi connectivity index (χ0v) is 11.6. The number of rotatable bonds is 4. The maximum absolute atomic E-state index is 11.8. The molecule has 1 aromatic carbocycles. The minimum atomic E-state index is -3.33. The molecule has 1 atom stereocenters. The number of amides is 1. The molecule has 7 heteroatoms. The molecule has 0 fully saturated rings. The highest BCUT2D eigenvalue weighted by molar-refractivity contribution is 7.90. The summed E-state index contributed by atoms with van der Waals surface area (Å²) in [6.07, 6.45) is 1.08. The van der Waals surface area contributed by atoms with E-state index in [0.29, 0.717) is 0 Å². The van der Waals surface area contributed by atoms with Gasteiger partial charge in [-0.2, -0.15) is 0 Å². The minimum absolute atomic E-state index is 0.0955. The van der Waals surface area contributed by atoms with Crippen molar-refractivity contribution in [2.24, 2.45) is 5.73 Å². The number of sulfone groups is 1. The van der Waals surface area contributed by atoms with Crippen LogP contribution >= 0.6 is 12.2 Å². The number of carbonyl (C=O) groups excluding carboxylic acids is 1. The average Bonchev–Trinajstić information content (AvgIpc) is 2.27. The van der Waals surface area contributed by atoms with Crippen molar-refractivity contribution < 1.29 is 13.2 Å². The van der Waals surface area contributed by atoms with Crippen LogP contribution in [0.15, 0.2) is 29.2 Å². The Balaban J connectivity index is 2.98. The third kappa shape index (κ3) is 3.78. The van der Waals surface area contributed by atoms with Crippen LogP contribution in [0.25, 0.3) is 0 Å². The van der Waals surface area contributed by atoms with Crippen LogP contribution in [0.4, 0.5) is 0 Å². The molecule has 1 aromatic rings. The Labute approximate surface area is 111 Å². The number of hydrogen-bond donors (Lipinski definition) is 2. The number of nitrogens with one attached hydrogen (secondary N) is 1. The molecule has 5 nitrogen and oxygen atoms in total. The largest absolute Gasteiger partial charge is 0.392 e. The lowest BCUT2D eigenvalue weighted by atomic mass is 10.2. The van der Waals surface area contributed by atoms with Crippen LogP contribution in [-0.4, -0.2) is 31.6 Å². The smallest absolute Gasteiger partial charge is 0.251 e. The summed E-state index contributed by atoms with van der Waals surface area (Å²) < 4.78 is 22.7. The third-order valence-electron chi connectivity index (χ3n) is 2.30. The van der Waals surface area contributed by atoms with Crippen molar-refractivity contribution in [2.45, 2.75) is 17.9 Å². The molecule has 3 N–H and O–H groups in total. The first kappa shape index (κ1) is 14.6. The maximum atomic E-state index is 11.8. The zero-order valence-electron chi connectivity index (χ0n) is 10.0. The van der Waals surface area contributed by atoms with Crippen LogP contribution in [-0.2, 0) is 9.84 Å². The monoisotopic (exact) mass is 286 g/mol. The minimum Gasteiger partial charge on any atom is -0.392 e. The van der Waals surface area contributed by atoms with Crippen molar-refractivity contribution in [1.82, 2.24) is 5.32 Å². The van der Waals surface area contributed by atoms with Gasteiger partial charge in [-0.25, -0.2) is 8.42 Å². The normalized spacial score (nSPS) is 12.8. The lowest BCUT2D eigenvalue weighted by Gasteiger charge is -2.12. The molecule has 1 rings (SSSR count). The summed E-state index contributed by atoms with van der Waals surface area (Å²) >= 11 is 4.74. The first-order valence-corrected chi connectivity index (χ1v) is 7.42. The number of nitrogens with two attached hydrogens (primary N) is 1. The molecule has 1 amide bonds. The van der Waals surface area contributed by atoms with Crippen LogP contribution in [0, 0.1) is 0 Å². The Morgan fingerprint density at radius 2 is 2.06 bits per heavy atom. The van der Waals surface area contributed by atoms with Gasteiger partial charge in [0.2, 0.25) is 0 Å². The molecule has 0 aliphatic rings. The van der Waals surface area contributed by atoms with Crippen LogP contribution in [0.1, 0.15) is 17.3 Å². The van der Waals surface area contributed by atoms with Crippen molar-refractivity contribution in [2.75, 3.05) is 6.26 Å². The van der Waals surface area contributed by atoms with Gasteiger partial charge in [-0.05, 0) is 25.1 Å². The van der Waals surface area contributed by atoms with E-state index < -0.39 is 21.8 Å². The van der Waals surface area contributed by atoms with Crippen molar-refractivity contribution >= 4 is 33.0 Å². The summed E-state index contributed by atoms with van der Waals surface area (Å²) in [6.45, 7) is 1.65. The molecule has 0 aromatic heterocycles. The molecule has 0 bridgehead atoms. The Morgan fingerprint density at radius 1 is 1.44 bits per heavy atom. The van der Waals surface area contributed by atoms with Gasteiger partial charge in [0, 0.05) is 11.8 Å². The van der Waals surface area contributed by atoms with Crippen LogP contribution in [0.5, 0.6) is 0 Å². The number of benzene rings is 1. The molecule has 0 aliphatic heterocycles. The Kier molecular flexibility index (Phi) is 4.42. The molecule has 0 saturated heterocycles. The van der Waals surface area contributed by atoms with Gasteiger partial charge in [0.05, 0.1) is 15.9 Å². The summed E-state index contributed by atoms with van der Waals surface area (Å²) in [4.78, 5) is 12.1.